The highest BCUT2D eigenvalue weighted by Gasteiger charge is 2.29. The van der Waals surface area contributed by atoms with Crippen LogP contribution in [0.15, 0.2) is 59.4 Å². The second kappa shape index (κ2) is 8.64. The molecule has 0 bridgehead atoms. The van der Waals surface area contributed by atoms with Crippen LogP contribution in [0, 0.1) is 5.92 Å². The molecule has 3 aromatic rings. The summed E-state index contributed by atoms with van der Waals surface area (Å²) < 4.78 is 0.982. The van der Waals surface area contributed by atoms with E-state index in [4.69, 9.17) is 0 Å². The third-order valence-corrected chi connectivity index (χ3v) is 4.96. The van der Waals surface area contributed by atoms with Gasteiger partial charge in [0, 0.05) is 0 Å². The van der Waals surface area contributed by atoms with Crippen LogP contribution in [-0.4, -0.2) is 32.9 Å². The third kappa shape index (κ3) is 4.16. The lowest BCUT2D eigenvalue weighted by Crippen LogP contribution is -2.53. The minimum Gasteiger partial charge on any atom is -0.548 e. The number of aliphatic carboxylic acids is 1. The van der Waals surface area contributed by atoms with E-state index < -0.39 is 29.5 Å². The van der Waals surface area contributed by atoms with Crippen LogP contribution in [0.4, 0.5) is 0 Å². The predicted molar refractivity (Wildman–Crippen MR) is 105 cm³/mol. The van der Waals surface area contributed by atoms with Gasteiger partial charge in [-0.1, -0.05) is 67.9 Å². The van der Waals surface area contributed by atoms with E-state index in [0.717, 1.165) is 4.68 Å². The van der Waals surface area contributed by atoms with Gasteiger partial charge >= 0.3 is 0 Å². The Labute approximate surface area is 167 Å². The maximum absolute atomic E-state index is 13.1. The molecule has 0 radical (unpaired) electrons. The molecular weight excluding hydrogens is 372 g/mol. The van der Waals surface area contributed by atoms with Crippen LogP contribution >= 0.6 is 0 Å². The molecule has 0 saturated heterocycles. The van der Waals surface area contributed by atoms with Crippen molar-refractivity contribution in [2.45, 2.75) is 32.4 Å². The molecule has 1 amide bonds. The molecule has 3 rings (SSSR count). The fourth-order valence-corrected chi connectivity index (χ4v) is 3.11. The number of benzene rings is 2. The van der Waals surface area contributed by atoms with Gasteiger partial charge < -0.3 is 15.2 Å². The Morgan fingerprint density at radius 2 is 1.76 bits per heavy atom. The first kappa shape index (κ1) is 20.2. The van der Waals surface area contributed by atoms with Crippen LogP contribution in [0.3, 0.4) is 0 Å². The zero-order valence-electron chi connectivity index (χ0n) is 16.1. The summed E-state index contributed by atoms with van der Waals surface area (Å²) in [5.74, 6) is -2.39. The van der Waals surface area contributed by atoms with Gasteiger partial charge in [-0.2, -0.15) is 4.68 Å². The Morgan fingerprint density at radius 3 is 2.41 bits per heavy atom. The SMILES string of the molecule is CC[C@@H](C)[C@H](NC(=O)[C@H](c1ccccc1)n1nnc2ccccc2c1=O)C(=O)[O-]. The van der Waals surface area contributed by atoms with Gasteiger partial charge in [-0.05, 0) is 23.6 Å². The first-order valence-corrected chi connectivity index (χ1v) is 9.34. The number of aromatic nitrogens is 3. The maximum Gasteiger partial charge on any atom is 0.278 e. The van der Waals surface area contributed by atoms with Crippen LogP contribution < -0.4 is 16.0 Å². The van der Waals surface area contributed by atoms with Crippen LogP contribution in [0.2, 0.25) is 0 Å². The number of fused-ring (bicyclic) bond motifs is 1. The molecule has 3 atom stereocenters. The van der Waals surface area contributed by atoms with Gasteiger partial charge in [-0.25, -0.2) is 0 Å². The number of rotatable bonds is 7. The number of amides is 1. The summed E-state index contributed by atoms with van der Waals surface area (Å²) in [4.78, 5) is 37.7. The van der Waals surface area contributed by atoms with Crippen molar-refractivity contribution < 1.29 is 14.7 Å². The van der Waals surface area contributed by atoms with Gasteiger partial charge in [0.25, 0.3) is 5.56 Å². The smallest absolute Gasteiger partial charge is 0.278 e. The number of carboxylic acid groups (broad SMARTS) is 1. The largest absolute Gasteiger partial charge is 0.548 e. The van der Waals surface area contributed by atoms with E-state index in [9.17, 15) is 19.5 Å². The fraction of sp³-hybridized carbons (Fsp3) is 0.286. The summed E-state index contributed by atoms with van der Waals surface area (Å²) in [6, 6.07) is 12.9. The molecule has 1 N–H and O–H groups in total. The highest BCUT2D eigenvalue weighted by Crippen LogP contribution is 2.18. The quantitative estimate of drug-likeness (QED) is 0.630. The Morgan fingerprint density at radius 1 is 1.10 bits per heavy atom. The number of hydrogen-bond donors (Lipinski definition) is 1. The first-order chi connectivity index (χ1) is 13.9. The van der Waals surface area contributed by atoms with E-state index >= 15 is 0 Å². The summed E-state index contributed by atoms with van der Waals surface area (Å²) >= 11 is 0. The van der Waals surface area contributed by atoms with Crippen molar-refractivity contribution >= 4 is 22.8 Å². The van der Waals surface area contributed by atoms with Gasteiger partial charge in [0.1, 0.15) is 5.52 Å². The molecule has 0 aliphatic heterocycles. The lowest BCUT2D eigenvalue weighted by Gasteiger charge is -2.27. The van der Waals surface area contributed by atoms with E-state index in [0.29, 0.717) is 22.9 Å². The molecule has 0 unspecified atom stereocenters. The van der Waals surface area contributed by atoms with Gasteiger partial charge in [-0.15, -0.1) is 5.10 Å². The molecule has 2 aromatic carbocycles. The summed E-state index contributed by atoms with van der Waals surface area (Å²) in [5, 5.41) is 22.4. The highest BCUT2D eigenvalue weighted by molar-refractivity contribution is 5.88. The number of nitrogens with one attached hydrogen (secondary N) is 1. The standard InChI is InChI=1S/C21H22N4O4/c1-3-13(2)17(21(28)29)22-19(26)18(14-9-5-4-6-10-14)25-20(27)15-11-7-8-12-16(15)23-24-25/h4-13,17-18H,3H2,1-2H3,(H,22,26)(H,28,29)/p-1/t13-,17+,18+/m1/s1. The maximum atomic E-state index is 13.1. The summed E-state index contributed by atoms with van der Waals surface area (Å²) in [6.07, 6.45) is 0.532. The molecule has 29 heavy (non-hydrogen) atoms. The lowest BCUT2D eigenvalue weighted by molar-refractivity contribution is -0.309. The molecule has 150 valence electrons. The Balaban J connectivity index is 2.09. The van der Waals surface area contributed by atoms with Crippen molar-refractivity contribution in [3.8, 4) is 0 Å². The van der Waals surface area contributed by atoms with Crippen LogP contribution in [0.25, 0.3) is 10.9 Å². The molecular formula is C21H21N4O4-. The average molecular weight is 393 g/mol. The number of carbonyl (C=O) groups excluding carboxylic acids is 2. The van der Waals surface area contributed by atoms with Crippen molar-refractivity contribution in [2.75, 3.05) is 0 Å². The molecule has 1 heterocycles. The van der Waals surface area contributed by atoms with Crippen molar-refractivity contribution in [2.24, 2.45) is 5.92 Å². The Kier molecular flexibility index (Phi) is 6.01. The van der Waals surface area contributed by atoms with Gasteiger partial charge in [0.15, 0.2) is 6.04 Å². The fourth-order valence-electron chi connectivity index (χ4n) is 3.11. The molecule has 0 aliphatic rings. The van der Waals surface area contributed by atoms with Crippen molar-refractivity contribution in [1.29, 1.82) is 0 Å². The minimum absolute atomic E-state index is 0.314. The third-order valence-electron chi connectivity index (χ3n) is 4.96. The average Bonchev–Trinajstić information content (AvgIpc) is 2.74. The van der Waals surface area contributed by atoms with Crippen molar-refractivity contribution in [3.63, 3.8) is 0 Å². The van der Waals surface area contributed by atoms with Gasteiger partial charge in [-0.3, -0.25) is 9.59 Å². The molecule has 0 spiro atoms. The number of carboxylic acids is 1. The Hall–Kier alpha value is -3.55. The van der Waals surface area contributed by atoms with Gasteiger partial charge in [0.05, 0.1) is 17.4 Å². The van der Waals surface area contributed by atoms with E-state index in [2.05, 4.69) is 15.6 Å². The molecule has 0 saturated carbocycles. The number of nitrogens with zero attached hydrogens (tertiary/aromatic N) is 3. The molecule has 8 heteroatoms. The van der Waals surface area contributed by atoms with Crippen LogP contribution in [0.5, 0.6) is 0 Å². The van der Waals surface area contributed by atoms with E-state index in [1.165, 1.54) is 0 Å². The summed E-state index contributed by atoms with van der Waals surface area (Å²) in [5.41, 5.74) is 0.402. The summed E-state index contributed by atoms with van der Waals surface area (Å²) in [7, 11) is 0. The molecule has 8 nitrogen and oxygen atoms in total. The number of carbonyl (C=O) groups is 2. The molecule has 1 aromatic heterocycles. The second-order valence-corrected chi connectivity index (χ2v) is 6.86. The van der Waals surface area contributed by atoms with Crippen molar-refractivity contribution in [1.82, 2.24) is 20.3 Å². The molecule has 0 aliphatic carbocycles. The molecule has 0 fully saturated rings. The predicted octanol–water partition coefficient (Wildman–Crippen LogP) is 0.662. The van der Waals surface area contributed by atoms with E-state index in [1.807, 2.05) is 6.92 Å². The topological polar surface area (TPSA) is 117 Å². The highest BCUT2D eigenvalue weighted by atomic mass is 16.4. The lowest BCUT2D eigenvalue weighted by atomic mass is 9.98. The Bertz CT molecular complexity index is 1080. The second-order valence-electron chi connectivity index (χ2n) is 6.86. The minimum atomic E-state index is -1.38. The van der Waals surface area contributed by atoms with Crippen LogP contribution in [-0.2, 0) is 9.59 Å². The monoisotopic (exact) mass is 393 g/mol. The van der Waals surface area contributed by atoms with Crippen LogP contribution in [0.1, 0.15) is 31.9 Å². The van der Waals surface area contributed by atoms with E-state index in [-0.39, 0.29) is 5.92 Å². The summed E-state index contributed by atoms with van der Waals surface area (Å²) in [6.45, 7) is 3.53. The zero-order chi connectivity index (χ0) is 21.0. The van der Waals surface area contributed by atoms with Crippen molar-refractivity contribution in [3.05, 3.63) is 70.5 Å². The number of hydrogen-bond acceptors (Lipinski definition) is 6. The zero-order valence-corrected chi connectivity index (χ0v) is 16.1. The van der Waals surface area contributed by atoms with E-state index in [1.54, 1.807) is 61.5 Å². The normalized spacial score (nSPS) is 14.1. The first-order valence-electron chi connectivity index (χ1n) is 9.34. The van der Waals surface area contributed by atoms with Gasteiger partial charge in [0.2, 0.25) is 5.91 Å².